The van der Waals surface area contributed by atoms with Crippen LogP contribution in [-0.2, 0) is 6.54 Å². The number of benzene rings is 1. The molecule has 0 aliphatic carbocycles. The van der Waals surface area contributed by atoms with E-state index >= 15 is 0 Å². The van der Waals surface area contributed by atoms with Crippen molar-refractivity contribution in [2.45, 2.75) is 13.5 Å². The van der Waals surface area contributed by atoms with Crippen molar-refractivity contribution in [2.24, 2.45) is 5.92 Å². The maximum absolute atomic E-state index is 12.3. The Labute approximate surface area is 120 Å². The van der Waals surface area contributed by atoms with Crippen molar-refractivity contribution in [1.82, 2.24) is 9.88 Å². The van der Waals surface area contributed by atoms with Crippen LogP contribution in [0.2, 0.25) is 0 Å². The Bertz CT molecular complexity index is 539. The number of nitrogens with zero attached hydrogens (tertiary/aromatic N) is 2. The fourth-order valence-corrected chi connectivity index (χ4v) is 2.30. The largest absolute Gasteiger partial charge is 0.301 e. The minimum absolute atomic E-state index is 0.00997. The number of carbonyl (C=O) groups is 1. The SMILES string of the molecule is CC(CN(C)Cc1ccncc1)C(=O)c1ccccc1. The molecule has 104 valence electrons. The standard InChI is InChI=1S/C17H20N2O/c1-14(17(20)16-6-4-3-5-7-16)12-19(2)13-15-8-10-18-11-9-15/h3-11,14H,12-13H2,1-2H3. The van der Waals surface area contributed by atoms with Crippen molar-refractivity contribution in [3.63, 3.8) is 0 Å². The zero-order valence-electron chi connectivity index (χ0n) is 12.0. The minimum atomic E-state index is -0.00997. The van der Waals surface area contributed by atoms with E-state index in [4.69, 9.17) is 0 Å². The second-order valence-electron chi connectivity index (χ2n) is 5.18. The molecular formula is C17H20N2O. The molecule has 3 nitrogen and oxygen atoms in total. The van der Waals surface area contributed by atoms with Gasteiger partial charge in [-0.25, -0.2) is 0 Å². The lowest BCUT2D eigenvalue weighted by atomic mass is 9.99. The van der Waals surface area contributed by atoms with Crippen LogP contribution in [0.4, 0.5) is 0 Å². The van der Waals surface area contributed by atoms with Crippen LogP contribution in [0.3, 0.4) is 0 Å². The van der Waals surface area contributed by atoms with Crippen LogP contribution >= 0.6 is 0 Å². The highest BCUT2D eigenvalue weighted by Crippen LogP contribution is 2.11. The lowest BCUT2D eigenvalue weighted by molar-refractivity contribution is 0.0901. The Morgan fingerprint density at radius 1 is 1.15 bits per heavy atom. The van der Waals surface area contributed by atoms with Gasteiger partial charge in [0.1, 0.15) is 0 Å². The molecule has 0 bridgehead atoms. The smallest absolute Gasteiger partial charge is 0.166 e. The van der Waals surface area contributed by atoms with Crippen LogP contribution < -0.4 is 0 Å². The first-order valence-electron chi connectivity index (χ1n) is 6.83. The summed E-state index contributed by atoms with van der Waals surface area (Å²) in [5, 5.41) is 0. The number of carbonyl (C=O) groups excluding carboxylic acids is 1. The van der Waals surface area contributed by atoms with Crippen molar-refractivity contribution in [3.8, 4) is 0 Å². The third-order valence-electron chi connectivity index (χ3n) is 3.29. The van der Waals surface area contributed by atoms with E-state index in [0.717, 1.165) is 18.7 Å². The summed E-state index contributed by atoms with van der Waals surface area (Å²) < 4.78 is 0. The van der Waals surface area contributed by atoms with Gasteiger partial charge in [-0.15, -0.1) is 0 Å². The third kappa shape index (κ3) is 4.00. The van der Waals surface area contributed by atoms with Crippen LogP contribution in [-0.4, -0.2) is 29.3 Å². The molecular weight excluding hydrogens is 248 g/mol. The maximum atomic E-state index is 12.3. The van der Waals surface area contributed by atoms with Gasteiger partial charge >= 0.3 is 0 Å². The molecule has 2 rings (SSSR count). The van der Waals surface area contributed by atoms with Gasteiger partial charge in [0.05, 0.1) is 0 Å². The number of pyridine rings is 1. The molecule has 2 aromatic rings. The van der Waals surface area contributed by atoms with E-state index < -0.39 is 0 Å². The van der Waals surface area contributed by atoms with Gasteiger partial charge in [-0.3, -0.25) is 9.78 Å². The van der Waals surface area contributed by atoms with Crippen LogP contribution in [0.15, 0.2) is 54.9 Å². The van der Waals surface area contributed by atoms with E-state index in [1.165, 1.54) is 5.56 Å². The highest BCUT2D eigenvalue weighted by molar-refractivity contribution is 5.97. The molecule has 0 aliphatic heterocycles. The highest BCUT2D eigenvalue weighted by atomic mass is 16.1. The average Bonchev–Trinajstić information content (AvgIpc) is 2.48. The predicted molar refractivity (Wildman–Crippen MR) is 80.5 cm³/mol. The number of hydrogen-bond donors (Lipinski definition) is 0. The second kappa shape index (κ2) is 6.96. The molecule has 1 aromatic carbocycles. The quantitative estimate of drug-likeness (QED) is 0.755. The van der Waals surface area contributed by atoms with E-state index in [2.05, 4.69) is 9.88 Å². The van der Waals surface area contributed by atoms with E-state index in [1.807, 2.05) is 56.4 Å². The first-order chi connectivity index (χ1) is 9.66. The topological polar surface area (TPSA) is 33.2 Å². The molecule has 0 saturated carbocycles. The monoisotopic (exact) mass is 268 g/mol. The lowest BCUT2D eigenvalue weighted by Crippen LogP contribution is -2.28. The van der Waals surface area contributed by atoms with Crippen molar-refractivity contribution in [1.29, 1.82) is 0 Å². The summed E-state index contributed by atoms with van der Waals surface area (Å²) in [6.07, 6.45) is 3.59. The summed E-state index contributed by atoms with van der Waals surface area (Å²) in [6.45, 7) is 3.56. The molecule has 1 heterocycles. The molecule has 0 aliphatic rings. The summed E-state index contributed by atoms with van der Waals surface area (Å²) in [5.74, 6) is 0.191. The number of ketones is 1. The van der Waals surface area contributed by atoms with Crippen LogP contribution in [0, 0.1) is 5.92 Å². The van der Waals surface area contributed by atoms with Crippen molar-refractivity contribution < 1.29 is 4.79 Å². The molecule has 0 N–H and O–H groups in total. The van der Waals surface area contributed by atoms with Gasteiger partial charge in [0, 0.05) is 37.0 Å². The third-order valence-corrected chi connectivity index (χ3v) is 3.29. The maximum Gasteiger partial charge on any atom is 0.166 e. The Morgan fingerprint density at radius 3 is 2.45 bits per heavy atom. The van der Waals surface area contributed by atoms with Gasteiger partial charge in [-0.2, -0.15) is 0 Å². The fraction of sp³-hybridized carbons (Fsp3) is 0.294. The predicted octanol–water partition coefficient (Wildman–Crippen LogP) is 3.03. The van der Waals surface area contributed by atoms with E-state index in [-0.39, 0.29) is 11.7 Å². The fourth-order valence-electron chi connectivity index (χ4n) is 2.30. The van der Waals surface area contributed by atoms with Crippen LogP contribution in [0.1, 0.15) is 22.8 Å². The number of aromatic nitrogens is 1. The summed E-state index contributed by atoms with van der Waals surface area (Å²) in [7, 11) is 2.04. The number of hydrogen-bond acceptors (Lipinski definition) is 3. The zero-order valence-corrected chi connectivity index (χ0v) is 12.0. The molecule has 0 spiro atoms. The molecule has 1 aromatic heterocycles. The van der Waals surface area contributed by atoms with E-state index in [9.17, 15) is 4.79 Å². The highest BCUT2D eigenvalue weighted by Gasteiger charge is 2.16. The molecule has 0 fully saturated rings. The van der Waals surface area contributed by atoms with Gasteiger partial charge in [-0.1, -0.05) is 37.3 Å². The van der Waals surface area contributed by atoms with Gasteiger partial charge in [0.2, 0.25) is 0 Å². The van der Waals surface area contributed by atoms with Crippen LogP contribution in [0.25, 0.3) is 0 Å². The van der Waals surface area contributed by atoms with Crippen molar-refractivity contribution >= 4 is 5.78 Å². The van der Waals surface area contributed by atoms with E-state index in [0.29, 0.717) is 0 Å². The van der Waals surface area contributed by atoms with Gasteiger partial charge in [0.15, 0.2) is 5.78 Å². The summed E-state index contributed by atoms with van der Waals surface area (Å²) >= 11 is 0. The van der Waals surface area contributed by atoms with Gasteiger partial charge < -0.3 is 4.90 Å². The van der Waals surface area contributed by atoms with Crippen molar-refractivity contribution in [2.75, 3.05) is 13.6 Å². The Kier molecular flexibility index (Phi) is 5.02. The minimum Gasteiger partial charge on any atom is -0.301 e. The summed E-state index contributed by atoms with van der Waals surface area (Å²) in [4.78, 5) is 18.5. The van der Waals surface area contributed by atoms with E-state index in [1.54, 1.807) is 12.4 Å². The molecule has 0 amide bonds. The Hall–Kier alpha value is -2.00. The van der Waals surface area contributed by atoms with Crippen LogP contribution in [0.5, 0.6) is 0 Å². The Morgan fingerprint density at radius 2 is 1.80 bits per heavy atom. The zero-order chi connectivity index (χ0) is 14.4. The number of Topliss-reactive ketones (excluding diaryl/α,β-unsaturated/α-hetero) is 1. The summed E-state index contributed by atoms with van der Waals surface area (Å²) in [6, 6.07) is 13.5. The first kappa shape index (κ1) is 14.4. The lowest BCUT2D eigenvalue weighted by Gasteiger charge is -2.20. The second-order valence-corrected chi connectivity index (χ2v) is 5.18. The number of rotatable bonds is 6. The van der Waals surface area contributed by atoms with Gasteiger partial charge in [0.25, 0.3) is 0 Å². The Balaban J connectivity index is 1.91. The molecule has 1 atom stereocenters. The molecule has 0 saturated heterocycles. The molecule has 3 heteroatoms. The summed E-state index contributed by atoms with van der Waals surface area (Å²) in [5.41, 5.74) is 2.00. The van der Waals surface area contributed by atoms with Gasteiger partial charge in [-0.05, 0) is 24.7 Å². The molecule has 1 unspecified atom stereocenters. The van der Waals surface area contributed by atoms with Crippen molar-refractivity contribution in [3.05, 3.63) is 66.0 Å². The molecule has 0 radical (unpaired) electrons. The normalized spacial score (nSPS) is 12.3. The molecule has 20 heavy (non-hydrogen) atoms. The first-order valence-corrected chi connectivity index (χ1v) is 6.83. The average molecular weight is 268 g/mol.